The van der Waals surface area contributed by atoms with E-state index in [0.717, 1.165) is 24.3 Å². The van der Waals surface area contributed by atoms with Gasteiger partial charge in [0.15, 0.2) is 5.82 Å². The van der Waals surface area contributed by atoms with Crippen LogP contribution in [0.25, 0.3) is 0 Å². The lowest BCUT2D eigenvalue weighted by Gasteiger charge is -2.24. The van der Waals surface area contributed by atoms with Crippen molar-refractivity contribution in [2.75, 3.05) is 25.0 Å². The summed E-state index contributed by atoms with van der Waals surface area (Å²) in [4.78, 5) is 14.0. The van der Waals surface area contributed by atoms with E-state index in [0.29, 0.717) is 13.1 Å². The van der Waals surface area contributed by atoms with E-state index in [4.69, 9.17) is 5.73 Å². The molecule has 0 aliphatic carbocycles. The van der Waals surface area contributed by atoms with Gasteiger partial charge < -0.3 is 16.0 Å². The maximum absolute atomic E-state index is 11.9. The fourth-order valence-corrected chi connectivity index (χ4v) is 2.40. The van der Waals surface area contributed by atoms with Gasteiger partial charge in [0.05, 0.1) is 11.6 Å². The molecule has 1 aromatic heterocycles. The lowest BCUT2D eigenvalue weighted by molar-refractivity contribution is -0.128. The lowest BCUT2D eigenvalue weighted by Crippen LogP contribution is -2.39. The molecule has 18 heavy (non-hydrogen) atoms. The van der Waals surface area contributed by atoms with Crippen molar-refractivity contribution in [2.24, 2.45) is 11.1 Å². The van der Waals surface area contributed by atoms with E-state index < -0.39 is 0 Å². The van der Waals surface area contributed by atoms with E-state index in [1.54, 1.807) is 13.2 Å². The second-order valence-corrected chi connectivity index (χ2v) is 4.90. The Hall–Kier alpha value is -1.69. The molecule has 1 unspecified atom stereocenters. The van der Waals surface area contributed by atoms with E-state index in [-0.39, 0.29) is 11.3 Å². The largest absolute Gasteiger partial charge is 0.359 e. The number of carbonyl (C=O) groups excluding carboxylic acids is 1. The molecule has 1 amide bonds. The Balaban J connectivity index is 2.20. The van der Waals surface area contributed by atoms with E-state index in [1.807, 2.05) is 13.0 Å². The summed E-state index contributed by atoms with van der Waals surface area (Å²) in [5, 5.41) is 10.8. The van der Waals surface area contributed by atoms with Gasteiger partial charge in [-0.3, -0.25) is 4.79 Å². The molecule has 0 aromatic carbocycles. The van der Waals surface area contributed by atoms with Gasteiger partial charge in [-0.25, -0.2) is 0 Å². The Kier molecular flexibility index (Phi) is 3.47. The minimum atomic E-state index is -0.363. The number of hydrogen-bond donors (Lipinski definition) is 2. The maximum Gasteiger partial charge on any atom is 0.227 e. The van der Waals surface area contributed by atoms with Crippen LogP contribution >= 0.6 is 0 Å². The molecule has 1 atom stereocenters. The van der Waals surface area contributed by atoms with Crippen LogP contribution < -0.4 is 16.0 Å². The topological polar surface area (TPSA) is 84.1 Å². The van der Waals surface area contributed by atoms with Crippen LogP contribution in [0.2, 0.25) is 0 Å². The van der Waals surface area contributed by atoms with Gasteiger partial charge >= 0.3 is 0 Å². The second-order valence-electron chi connectivity index (χ2n) is 4.90. The normalized spacial score (nSPS) is 23.2. The molecular formula is C12H19N5O. The Morgan fingerprint density at radius 1 is 1.67 bits per heavy atom. The molecule has 1 saturated heterocycles. The number of aromatic nitrogens is 2. The molecule has 1 aliphatic heterocycles. The monoisotopic (exact) mass is 249 g/mol. The number of nitrogens with zero attached hydrogens (tertiary/aromatic N) is 3. The van der Waals surface area contributed by atoms with Gasteiger partial charge in [-0.05, 0) is 19.4 Å². The van der Waals surface area contributed by atoms with E-state index in [1.165, 1.54) is 0 Å². The number of amides is 1. The van der Waals surface area contributed by atoms with Crippen LogP contribution in [0.5, 0.6) is 0 Å². The summed E-state index contributed by atoms with van der Waals surface area (Å²) in [6.07, 6.45) is 2.45. The van der Waals surface area contributed by atoms with Gasteiger partial charge in [0.1, 0.15) is 0 Å². The Bertz CT molecular complexity index is 450. The number of nitrogens with one attached hydrogen (secondary N) is 1. The highest BCUT2D eigenvalue weighted by molar-refractivity contribution is 5.83. The molecule has 1 aromatic rings. The van der Waals surface area contributed by atoms with Crippen molar-refractivity contribution in [1.82, 2.24) is 15.5 Å². The number of nitrogens with two attached hydrogens (primary N) is 1. The van der Waals surface area contributed by atoms with Crippen molar-refractivity contribution in [3.05, 3.63) is 17.8 Å². The molecule has 0 bridgehead atoms. The zero-order chi connectivity index (χ0) is 13.2. The molecule has 2 rings (SSSR count). The number of hydrogen-bond acceptors (Lipinski definition) is 5. The molecule has 6 heteroatoms. The number of rotatable bonds is 3. The zero-order valence-electron chi connectivity index (χ0n) is 10.8. The average molecular weight is 249 g/mol. The van der Waals surface area contributed by atoms with Crippen molar-refractivity contribution < 1.29 is 4.79 Å². The minimum absolute atomic E-state index is 0.0724. The Morgan fingerprint density at radius 2 is 2.44 bits per heavy atom. The van der Waals surface area contributed by atoms with Crippen molar-refractivity contribution in [2.45, 2.75) is 19.9 Å². The van der Waals surface area contributed by atoms with Crippen LogP contribution in [0.1, 0.15) is 18.9 Å². The standard InChI is InChI=1S/C12H19N5O/c1-12(11(18)14-2)4-6-17(8-12)10-9(7-13)3-5-15-16-10/h3,5H,4,6-8,13H2,1-2H3,(H,14,18). The van der Waals surface area contributed by atoms with Crippen LogP contribution in [-0.4, -0.2) is 36.2 Å². The fourth-order valence-electron chi connectivity index (χ4n) is 2.40. The smallest absolute Gasteiger partial charge is 0.227 e. The summed E-state index contributed by atoms with van der Waals surface area (Å²) in [7, 11) is 1.67. The van der Waals surface area contributed by atoms with E-state index in [9.17, 15) is 4.79 Å². The first-order chi connectivity index (χ1) is 8.60. The first-order valence-corrected chi connectivity index (χ1v) is 6.08. The van der Waals surface area contributed by atoms with Crippen molar-refractivity contribution >= 4 is 11.7 Å². The Morgan fingerprint density at radius 3 is 3.11 bits per heavy atom. The summed E-state index contributed by atoms with van der Waals surface area (Å²) in [5.41, 5.74) is 6.30. The summed E-state index contributed by atoms with van der Waals surface area (Å²) >= 11 is 0. The van der Waals surface area contributed by atoms with Gasteiger partial charge in [0, 0.05) is 32.2 Å². The van der Waals surface area contributed by atoms with Crippen molar-refractivity contribution in [3.8, 4) is 0 Å². The van der Waals surface area contributed by atoms with Gasteiger partial charge in [-0.15, -0.1) is 5.10 Å². The van der Waals surface area contributed by atoms with Crippen LogP contribution in [0.4, 0.5) is 5.82 Å². The predicted molar refractivity (Wildman–Crippen MR) is 68.9 cm³/mol. The summed E-state index contributed by atoms with van der Waals surface area (Å²) < 4.78 is 0. The van der Waals surface area contributed by atoms with Crippen molar-refractivity contribution in [3.63, 3.8) is 0 Å². The molecule has 0 saturated carbocycles. The van der Waals surface area contributed by atoms with Crippen molar-refractivity contribution in [1.29, 1.82) is 0 Å². The van der Waals surface area contributed by atoms with Crippen LogP contribution in [-0.2, 0) is 11.3 Å². The maximum atomic E-state index is 11.9. The van der Waals surface area contributed by atoms with Crippen LogP contribution in [0.3, 0.4) is 0 Å². The first kappa shape index (κ1) is 12.8. The SMILES string of the molecule is CNC(=O)C1(C)CCN(c2nnccc2CN)C1. The zero-order valence-corrected chi connectivity index (χ0v) is 10.8. The summed E-state index contributed by atoms with van der Waals surface area (Å²) in [6.45, 7) is 3.86. The summed E-state index contributed by atoms with van der Waals surface area (Å²) in [6, 6.07) is 1.87. The number of anilines is 1. The highest BCUT2D eigenvalue weighted by Crippen LogP contribution is 2.33. The third-order valence-corrected chi connectivity index (χ3v) is 3.55. The first-order valence-electron chi connectivity index (χ1n) is 6.08. The Labute approximate surface area is 107 Å². The highest BCUT2D eigenvalue weighted by Gasteiger charge is 2.40. The molecule has 6 nitrogen and oxygen atoms in total. The lowest BCUT2D eigenvalue weighted by atomic mass is 9.89. The van der Waals surface area contributed by atoms with Crippen LogP contribution in [0.15, 0.2) is 12.3 Å². The van der Waals surface area contributed by atoms with Gasteiger partial charge in [-0.1, -0.05) is 0 Å². The van der Waals surface area contributed by atoms with E-state index in [2.05, 4.69) is 20.4 Å². The molecule has 0 spiro atoms. The minimum Gasteiger partial charge on any atom is -0.359 e. The molecular weight excluding hydrogens is 230 g/mol. The van der Waals surface area contributed by atoms with Gasteiger partial charge in [-0.2, -0.15) is 5.10 Å². The highest BCUT2D eigenvalue weighted by atomic mass is 16.2. The third-order valence-electron chi connectivity index (χ3n) is 3.55. The second kappa shape index (κ2) is 4.89. The fraction of sp³-hybridized carbons (Fsp3) is 0.583. The molecule has 3 N–H and O–H groups in total. The van der Waals surface area contributed by atoms with Gasteiger partial charge in [0.2, 0.25) is 5.91 Å². The summed E-state index contributed by atoms with van der Waals surface area (Å²) in [5.74, 6) is 0.871. The predicted octanol–water partition coefficient (Wildman–Crippen LogP) is -0.102. The molecule has 2 heterocycles. The molecule has 1 aliphatic rings. The third kappa shape index (κ3) is 2.15. The number of carbonyl (C=O) groups is 1. The molecule has 0 radical (unpaired) electrons. The average Bonchev–Trinajstić information content (AvgIpc) is 2.81. The molecule has 98 valence electrons. The van der Waals surface area contributed by atoms with E-state index >= 15 is 0 Å². The molecule has 1 fully saturated rings. The van der Waals surface area contributed by atoms with Crippen LogP contribution in [0, 0.1) is 5.41 Å². The van der Waals surface area contributed by atoms with Gasteiger partial charge in [0.25, 0.3) is 0 Å². The quantitative estimate of drug-likeness (QED) is 0.781.